The van der Waals surface area contributed by atoms with E-state index in [0.29, 0.717) is 34.1 Å². The summed E-state index contributed by atoms with van der Waals surface area (Å²) >= 11 is 1.57. The normalized spacial score (nSPS) is 11.1. The Morgan fingerprint density at radius 2 is 1.87 bits per heavy atom. The molecule has 2 aliphatic heterocycles. The molecule has 0 unspecified atom stereocenters. The second-order valence-electron chi connectivity index (χ2n) is 4.93. The van der Waals surface area contributed by atoms with Crippen molar-refractivity contribution in [3.8, 4) is 23.1 Å². The summed E-state index contributed by atoms with van der Waals surface area (Å²) in [6.45, 7) is 0. The molecule has 2 aliphatic rings. The Bertz CT molecular complexity index is 888. The molecule has 4 rings (SSSR count). The number of thioether (sulfide) groups is 1. The van der Waals surface area contributed by atoms with Crippen LogP contribution in [0.15, 0.2) is 58.3 Å². The number of hydrogen-bond acceptors (Lipinski definition) is 6. The van der Waals surface area contributed by atoms with Crippen molar-refractivity contribution in [1.29, 1.82) is 0 Å². The highest BCUT2D eigenvalue weighted by molar-refractivity contribution is 7.98. The van der Waals surface area contributed by atoms with E-state index < -0.39 is 0 Å². The molecule has 6 nitrogen and oxygen atoms in total. The first kappa shape index (κ1) is 13.8. The lowest BCUT2D eigenvalue weighted by molar-refractivity contribution is 0.578. The molecule has 0 amide bonds. The minimum Gasteiger partial charge on any atom is -0.461 e. The number of imidazole rings is 1. The van der Waals surface area contributed by atoms with Crippen molar-refractivity contribution in [2.45, 2.75) is 10.9 Å². The number of nitrogens with two attached hydrogens (primary N) is 1. The van der Waals surface area contributed by atoms with E-state index in [1.165, 1.54) is 5.56 Å². The van der Waals surface area contributed by atoms with Crippen LogP contribution in [-0.4, -0.2) is 19.9 Å². The minimum atomic E-state index is 0.455. The topological polar surface area (TPSA) is 93.6 Å². The van der Waals surface area contributed by atoms with Crippen LogP contribution < -0.4 is 5.73 Å². The van der Waals surface area contributed by atoms with Crippen molar-refractivity contribution < 1.29 is 4.42 Å². The predicted molar refractivity (Wildman–Crippen MR) is 88.9 cm³/mol. The first-order chi connectivity index (χ1) is 11.3. The molecule has 23 heavy (non-hydrogen) atoms. The number of nitrogens with one attached hydrogen (secondary N) is 1. The molecule has 0 saturated carbocycles. The molecule has 0 spiro atoms. The summed E-state index contributed by atoms with van der Waals surface area (Å²) in [5, 5.41) is 0.713. The van der Waals surface area contributed by atoms with Gasteiger partial charge in [-0.25, -0.2) is 15.0 Å². The van der Waals surface area contributed by atoms with Crippen LogP contribution in [0.3, 0.4) is 0 Å². The minimum absolute atomic E-state index is 0.455. The average Bonchev–Trinajstić information content (AvgIpc) is 3.23. The fourth-order valence-electron chi connectivity index (χ4n) is 2.20. The van der Waals surface area contributed by atoms with Crippen molar-refractivity contribution in [3.63, 3.8) is 0 Å². The summed E-state index contributed by atoms with van der Waals surface area (Å²) in [5.74, 6) is 2.86. The SMILES string of the molecule is Nc1[nH]c(SCc2ccccc2)nc2nc(-c3ccco3)nc1-2. The Kier molecular flexibility index (Phi) is 3.47. The Hall–Kier alpha value is -2.80. The number of nitrogens with zero attached hydrogens (tertiary/aromatic N) is 3. The number of rotatable bonds is 4. The molecule has 1 aromatic heterocycles. The van der Waals surface area contributed by atoms with Gasteiger partial charge in [0.15, 0.2) is 28.3 Å². The van der Waals surface area contributed by atoms with Crippen LogP contribution in [0.5, 0.6) is 0 Å². The largest absolute Gasteiger partial charge is 0.461 e. The predicted octanol–water partition coefficient (Wildman–Crippen LogP) is 3.44. The van der Waals surface area contributed by atoms with Crippen molar-refractivity contribution in [2.24, 2.45) is 0 Å². The number of anilines is 1. The summed E-state index contributed by atoms with van der Waals surface area (Å²) in [6, 6.07) is 13.8. The van der Waals surface area contributed by atoms with Gasteiger partial charge in [0.05, 0.1) is 6.26 Å². The highest BCUT2D eigenvalue weighted by atomic mass is 32.2. The maximum Gasteiger partial charge on any atom is 0.198 e. The second-order valence-corrected chi connectivity index (χ2v) is 5.89. The number of fused-ring (bicyclic) bond motifs is 1. The van der Waals surface area contributed by atoms with Gasteiger partial charge in [0.2, 0.25) is 0 Å². The number of nitrogen functional groups attached to an aromatic ring is 1. The van der Waals surface area contributed by atoms with E-state index in [-0.39, 0.29) is 0 Å². The maximum atomic E-state index is 6.05. The van der Waals surface area contributed by atoms with Crippen LogP contribution in [-0.2, 0) is 5.75 Å². The molecule has 3 heterocycles. The van der Waals surface area contributed by atoms with Crippen molar-refractivity contribution in [3.05, 3.63) is 54.3 Å². The van der Waals surface area contributed by atoms with Crippen LogP contribution in [0.4, 0.5) is 5.82 Å². The molecular weight excluding hydrogens is 310 g/mol. The molecule has 2 aromatic rings. The van der Waals surface area contributed by atoms with Gasteiger partial charge in [-0.15, -0.1) is 0 Å². The zero-order valence-corrected chi connectivity index (χ0v) is 12.9. The van der Waals surface area contributed by atoms with Crippen molar-refractivity contribution in [1.82, 2.24) is 19.9 Å². The molecular formula is C16H13N5OS. The van der Waals surface area contributed by atoms with E-state index in [0.717, 1.165) is 5.75 Å². The van der Waals surface area contributed by atoms with Crippen LogP contribution in [0.2, 0.25) is 0 Å². The van der Waals surface area contributed by atoms with Gasteiger partial charge < -0.3 is 15.1 Å². The summed E-state index contributed by atoms with van der Waals surface area (Å²) < 4.78 is 5.32. The maximum absolute atomic E-state index is 6.05. The monoisotopic (exact) mass is 323 g/mol. The Morgan fingerprint density at radius 3 is 2.65 bits per heavy atom. The van der Waals surface area contributed by atoms with Gasteiger partial charge in [-0.3, -0.25) is 0 Å². The third-order valence-electron chi connectivity index (χ3n) is 3.31. The summed E-state index contributed by atoms with van der Waals surface area (Å²) in [7, 11) is 0. The number of hydrogen-bond donors (Lipinski definition) is 2. The molecule has 0 radical (unpaired) electrons. The van der Waals surface area contributed by atoms with Gasteiger partial charge in [0.25, 0.3) is 0 Å². The lowest BCUT2D eigenvalue weighted by atomic mass is 10.2. The van der Waals surface area contributed by atoms with Crippen molar-refractivity contribution >= 4 is 17.6 Å². The van der Waals surface area contributed by atoms with Crippen LogP contribution in [0.25, 0.3) is 23.1 Å². The Balaban J connectivity index is 1.63. The van der Waals surface area contributed by atoms with E-state index in [1.54, 1.807) is 30.2 Å². The van der Waals surface area contributed by atoms with Crippen LogP contribution >= 0.6 is 11.8 Å². The van der Waals surface area contributed by atoms with Crippen LogP contribution in [0, 0.1) is 0 Å². The van der Waals surface area contributed by atoms with E-state index >= 15 is 0 Å². The van der Waals surface area contributed by atoms with E-state index in [2.05, 4.69) is 32.1 Å². The summed E-state index contributed by atoms with van der Waals surface area (Å²) in [4.78, 5) is 16.4. The van der Waals surface area contributed by atoms with Crippen LogP contribution in [0.1, 0.15) is 5.56 Å². The number of aromatic nitrogens is 4. The smallest absolute Gasteiger partial charge is 0.198 e. The molecule has 0 saturated heterocycles. The molecule has 0 bridgehead atoms. The van der Waals surface area contributed by atoms with E-state index in [4.69, 9.17) is 10.2 Å². The average molecular weight is 323 g/mol. The Morgan fingerprint density at radius 1 is 1.00 bits per heavy atom. The number of benzene rings is 1. The van der Waals surface area contributed by atoms with Gasteiger partial charge in [-0.2, -0.15) is 0 Å². The number of aromatic amines is 1. The lowest BCUT2D eigenvalue weighted by Crippen LogP contribution is -2.00. The van der Waals surface area contributed by atoms with Gasteiger partial charge in [-0.05, 0) is 17.7 Å². The summed E-state index contributed by atoms with van der Waals surface area (Å²) in [5.41, 5.74) is 7.83. The number of H-pyrrole nitrogens is 1. The fourth-order valence-corrected chi connectivity index (χ4v) is 3.03. The zero-order chi connectivity index (χ0) is 15.6. The summed E-state index contributed by atoms with van der Waals surface area (Å²) in [6.07, 6.45) is 1.58. The highest BCUT2D eigenvalue weighted by Gasteiger charge is 2.19. The van der Waals surface area contributed by atoms with Gasteiger partial charge in [-0.1, -0.05) is 42.1 Å². The molecule has 3 N–H and O–H groups in total. The first-order valence-electron chi connectivity index (χ1n) is 7.03. The molecule has 1 aromatic carbocycles. The highest BCUT2D eigenvalue weighted by Crippen LogP contribution is 2.30. The molecule has 0 aliphatic carbocycles. The Labute approximate surface area is 136 Å². The van der Waals surface area contributed by atoms with Gasteiger partial charge >= 0.3 is 0 Å². The van der Waals surface area contributed by atoms with E-state index in [1.807, 2.05) is 18.2 Å². The second kappa shape index (κ2) is 5.77. The molecule has 114 valence electrons. The van der Waals surface area contributed by atoms with E-state index in [9.17, 15) is 0 Å². The molecule has 7 heteroatoms. The standard InChI is InChI=1S/C16H13N5OS/c17-13-12-15(20-14(18-12)11-7-4-8-22-11)21-16(19-13)23-9-10-5-2-1-3-6-10/h1-8H,9H2,(H3,17,18,19,20,21). The van der Waals surface area contributed by atoms with Gasteiger partial charge in [0, 0.05) is 5.75 Å². The quantitative estimate of drug-likeness (QED) is 0.441. The first-order valence-corrected chi connectivity index (χ1v) is 8.02. The van der Waals surface area contributed by atoms with Crippen molar-refractivity contribution in [2.75, 3.05) is 5.73 Å². The fraction of sp³-hybridized carbons (Fsp3) is 0.0625. The third-order valence-corrected chi connectivity index (χ3v) is 4.25. The van der Waals surface area contributed by atoms with Gasteiger partial charge in [0.1, 0.15) is 5.82 Å². The zero-order valence-electron chi connectivity index (χ0n) is 12.1. The lowest BCUT2D eigenvalue weighted by Gasteiger charge is -2.05. The molecule has 0 atom stereocenters. The number of furan rings is 1. The third kappa shape index (κ3) is 2.78. The molecule has 0 fully saturated rings.